The van der Waals surface area contributed by atoms with Crippen molar-refractivity contribution >= 4 is 17.5 Å². The Bertz CT molecular complexity index is 762. The average Bonchev–Trinajstić information content (AvgIpc) is 2.88. The maximum atomic E-state index is 13.4. The summed E-state index contributed by atoms with van der Waals surface area (Å²) >= 11 is 0. The number of amides is 1. The van der Waals surface area contributed by atoms with Gasteiger partial charge < -0.3 is 15.4 Å². The van der Waals surface area contributed by atoms with Crippen LogP contribution in [0.2, 0.25) is 0 Å². The van der Waals surface area contributed by atoms with Gasteiger partial charge in [0.05, 0.1) is 23.6 Å². The normalized spacial score (nSPS) is 22.6. The molecule has 2 rings (SSSR count). The third kappa shape index (κ3) is 4.12. The maximum Gasteiger partial charge on any atom is 0.364 e. The highest BCUT2D eigenvalue weighted by Crippen LogP contribution is 2.43. The van der Waals surface area contributed by atoms with Crippen molar-refractivity contribution in [3.8, 4) is 6.07 Å². The van der Waals surface area contributed by atoms with E-state index in [4.69, 9.17) is 5.26 Å². The van der Waals surface area contributed by atoms with E-state index in [9.17, 15) is 28.5 Å². The van der Waals surface area contributed by atoms with Gasteiger partial charge in [-0.3, -0.25) is 9.59 Å². The fourth-order valence-corrected chi connectivity index (χ4v) is 2.78. The molecule has 1 aliphatic carbocycles. The number of pyridine rings is 1. The summed E-state index contributed by atoms with van der Waals surface area (Å²) in [4.78, 5) is 37.8. The molecule has 1 N–H and O–H groups in total. The van der Waals surface area contributed by atoms with Crippen molar-refractivity contribution in [2.45, 2.75) is 31.7 Å². The summed E-state index contributed by atoms with van der Waals surface area (Å²) in [5, 5.41) is 21.9. The smallest absolute Gasteiger partial charge is 0.358 e. The van der Waals surface area contributed by atoms with Gasteiger partial charge in [-0.25, -0.2) is 8.78 Å². The van der Waals surface area contributed by atoms with Crippen LogP contribution in [0, 0.1) is 33.3 Å². The maximum absolute atomic E-state index is 13.4. The molecule has 132 valence electrons. The minimum atomic E-state index is -3.09. The van der Waals surface area contributed by atoms with Gasteiger partial charge in [-0.2, -0.15) is 5.26 Å². The number of halogens is 2. The number of nitrogens with one attached hydrogen (secondary N) is 1. The van der Waals surface area contributed by atoms with Crippen molar-refractivity contribution in [1.82, 2.24) is 10.3 Å². The lowest BCUT2D eigenvalue weighted by Gasteiger charge is -2.18. The number of nitriles is 1. The number of carbonyl (C=O) groups excluding carboxylic acids is 2. The van der Waals surface area contributed by atoms with E-state index >= 15 is 0 Å². The number of hydrogen-bond acceptors (Lipinski definition) is 6. The molecule has 0 bridgehead atoms. The van der Waals surface area contributed by atoms with Crippen molar-refractivity contribution in [2.75, 3.05) is 0 Å². The molecular formula is C15H14F2N4O4. The van der Waals surface area contributed by atoms with Crippen molar-refractivity contribution in [3.05, 3.63) is 34.0 Å². The molecule has 1 aromatic rings. The van der Waals surface area contributed by atoms with Crippen LogP contribution in [-0.4, -0.2) is 33.6 Å². The molecule has 3 atom stereocenters. The van der Waals surface area contributed by atoms with Crippen LogP contribution in [0.25, 0.3) is 0 Å². The molecule has 0 radical (unpaired) electrons. The molecule has 1 saturated carbocycles. The highest BCUT2D eigenvalue weighted by atomic mass is 19.3. The minimum Gasteiger partial charge on any atom is -0.358 e. The monoisotopic (exact) mass is 352 g/mol. The average molecular weight is 352 g/mol. The van der Waals surface area contributed by atoms with Crippen LogP contribution < -0.4 is 5.32 Å². The molecule has 1 amide bonds. The first-order chi connectivity index (χ1) is 11.6. The highest BCUT2D eigenvalue weighted by molar-refractivity contribution is 5.98. The van der Waals surface area contributed by atoms with Gasteiger partial charge in [0.25, 0.3) is 5.91 Å². The predicted molar refractivity (Wildman–Crippen MR) is 79.6 cm³/mol. The van der Waals surface area contributed by atoms with Gasteiger partial charge in [0.15, 0.2) is 5.78 Å². The summed E-state index contributed by atoms with van der Waals surface area (Å²) in [6, 6.07) is 2.76. The van der Waals surface area contributed by atoms with Gasteiger partial charge in [0, 0.05) is 24.8 Å². The van der Waals surface area contributed by atoms with Crippen LogP contribution in [0.4, 0.5) is 14.6 Å². The van der Waals surface area contributed by atoms with E-state index in [1.807, 2.05) is 0 Å². The largest absolute Gasteiger partial charge is 0.364 e. The lowest BCUT2D eigenvalue weighted by molar-refractivity contribution is -0.389. The third-order valence-electron chi connectivity index (χ3n) is 4.02. The van der Waals surface area contributed by atoms with Gasteiger partial charge in [-0.05, 0) is 22.9 Å². The zero-order chi connectivity index (χ0) is 18.8. The van der Waals surface area contributed by atoms with Crippen LogP contribution in [0.3, 0.4) is 0 Å². The van der Waals surface area contributed by atoms with E-state index in [1.165, 1.54) is 13.0 Å². The molecule has 0 aromatic carbocycles. The molecule has 1 heterocycles. The second-order valence-corrected chi connectivity index (χ2v) is 5.86. The van der Waals surface area contributed by atoms with Crippen molar-refractivity contribution in [3.63, 3.8) is 0 Å². The number of carbonyl (C=O) groups is 2. The molecule has 8 nitrogen and oxygen atoms in total. The summed E-state index contributed by atoms with van der Waals surface area (Å²) in [7, 11) is 0. The second-order valence-electron chi connectivity index (χ2n) is 5.86. The number of alkyl halides is 2. The minimum absolute atomic E-state index is 0.0880. The number of nitrogens with zero attached hydrogens (tertiary/aromatic N) is 3. The molecular weight excluding hydrogens is 338 g/mol. The standard InChI is InChI=1S/C15H14F2N4O4/c1-8(13(22)11-6-15(16,17)5-10(11)7-18)20-14(23)9-2-3-19-12(4-9)21(24)25/h2-4,8,10-11H,5-6H2,1H3,(H,20,23)/t8-,10+,11?/m1/s1. The molecule has 1 fully saturated rings. The van der Waals surface area contributed by atoms with Gasteiger partial charge in [-0.1, -0.05) is 0 Å². The topological polar surface area (TPSA) is 126 Å². The Hall–Kier alpha value is -2.96. The van der Waals surface area contributed by atoms with Gasteiger partial charge in [0.1, 0.15) is 6.20 Å². The number of ketones is 1. The number of rotatable bonds is 5. The van der Waals surface area contributed by atoms with Crippen LogP contribution in [-0.2, 0) is 4.79 Å². The summed E-state index contributed by atoms with van der Waals surface area (Å²) < 4.78 is 26.9. The van der Waals surface area contributed by atoms with Crippen LogP contribution >= 0.6 is 0 Å². The number of nitro groups is 1. The lowest BCUT2D eigenvalue weighted by atomic mass is 9.89. The summed E-state index contributed by atoms with van der Waals surface area (Å²) in [6.07, 6.45) is -0.342. The molecule has 1 unspecified atom stereocenters. The Morgan fingerprint density at radius 2 is 2.20 bits per heavy atom. The van der Waals surface area contributed by atoms with Crippen LogP contribution in [0.5, 0.6) is 0 Å². The fraction of sp³-hybridized carbons (Fsp3) is 0.467. The predicted octanol–water partition coefficient (Wildman–Crippen LogP) is 1.86. The summed E-state index contributed by atoms with van der Waals surface area (Å²) in [6.45, 7) is 1.32. The molecule has 10 heteroatoms. The Balaban J connectivity index is 2.08. The van der Waals surface area contributed by atoms with Gasteiger partial charge >= 0.3 is 5.82 Å². The van der Waals surface area contributed by atoms with E-state index < -0.39 is 59.1 Å². The Morgan fingerprint density at radius 3 is 2.80 bits per heavy atom. The van der Waals surface area contributed by atoms with E-state index in [0.717, 1.165) is 12.3 Å². The van der Waals surface area contributed by atoms with Gasteiger partial charge in [0.2, 0.25) is 5.92 Å². The molecule has 25 heavy (non-hydrogen) atoms. The van der Waals surface area contributed by atoms with E-state index in [2.05, 4.69) is 10.3 Å². The van der Waals surface area contributed by atoms with E-state index in [-0.39, 0.29) is 5.56 Å². The van der Waals surface area contributed by atoms with Crippen LogP contribution in [0.15, 0.2) is 18.3 Å². The first-order valence-electron chi connectivity index (χ1n) is 7.37. The lowest BCUT2D eigenvalue weighted by Crippen LogP contribution is -2.42. The number of hydrogen-bond donors (Lipinski definition) is 1. The quantitative estimate of drug-likeness (QED) is 0.637. The molecule has 1 aromatic heterocycles. The van der Waals surface area contributed by atoms with E-state index in [1.54, 1.807) is 6.07 Å². The number of aromatic nitrogens is 1. The first kappa shape index (κ1) is 18.4. The number of Topliss-reactive ketones (excluding diaryl/α,β-unsaturated/α-hetero) is 1. The first-order valence-corrected chi connectivity index (χ1v) is 7.37. The highest BCUT2D eigenvalue weighted by Gasteiger charge is 2.50. The molecule has 0 aliphatic heterocycles. The zero-order valence-corrected chi connectivity index (χ0v) is 13.1. The summed E-state index contributed by atoms with van der Waals surface area (Å²) in [5.74, 6) is -7.33. The van der Waals surface area contributed by atoms with Gasteiger partial charge in [-0.15, -0.1) is 0 Å². The van der Waals surface area contributed by atoms with Crippen molar-refractivity contribution in [1.29, 1.82) is 5.26 Å². The Kier molecular flexibility index (Phi) is 5.06. The second kappa shape index (κ2) is 6.88. The van der Waals surface area contributed by atoms with Crippen LogP contribution in [0.1, 0.15) is 30.1 Å². The molecule has 0 saturated heterocycles. The van der Waals surface area contributed by atoms with Crippen molar-refractivity contribution in [2.24, 2.45) is 11.8 Å². The molecule has 1 aliphatic rings. The Labute approximate surface area is 141 Å². The Morgan fingerprint density at radius 1 is 1.52 bits per heavy atom. The SMILES string of the molecule is C[C@@H](NC(=O)c1ccnc([N+](=O)[O-])c1)C(=O)C1CC(F)(F)C[C@H]1C#N. The molecule has 0 spiro atoms. The fourth-order valence-electron chi connectivity index (χ4n) is 2.78. The van der Waals surface area contributed by atoms with Crippen molar-refractivity contribution < 1.29 is 23.3 Å². The zero-order valence-electron chi connectivity index (χ0n) is 13.1. The van der Waals surface area contributed by atoms with E-state index in [0.29, 0.717) is 0 Å². The third-order valence-corrected chi connectivity index (χ3v) is 4.02. The summed E-state index contributed by atoms with van der Waals surface area (Å²) in [5.41, 5.74) is -0.0880.